The van der Waals surface area contributed by atoms with Gasteiger partial charge in [0.1, 0.15) is 0 Å². The average Bonchev–Trinajstić information content (AvgIpc) is 2.81. The second-order valence-corrected chi connectivity index (χ2v) is 5.31. The second-order valence-electron chi connectivity index (χ2n) is 4.93. The highest BCUT2D eigenvalue weighted by molar-refractivity contribution is 6.31. The average molecular weight is 292 g/mol. The molecule has 3 nitrogen and oxygen atoms in total. The van der Waals surface area contributed by atoms with Crippen LogP contribution in [-0.2, 0) is 19.4 Å². The van der Waals surface area contributed by atoms with Gasteiger partial charge in [-0.3, -0.25) is 4.68 Å². The molecule has 0 aliphatic carbocycles. The van der Waals surface area contributed by atoms with E-state index in [0.29, 0.717) is 0 Å². The topological polar surface area (TPSA) is 43.8 Å². The van der Waals surface area contributed by atoms with E-state index in [9.17, 15) is 0 Å². The smallest absolute Gasteiger partial charge is 0.0849 e. The van der Waals surface area contributed by atoms with Gasteiger partial charge in [0.2, 0.25) is 0 Å². The Bertz CT molecular complexity index is 548. The van der Waals surface area contributed by atoms with Crippen LogP contribution in [-0.4, -0.2) is 9.78 Å². The number of nitrogens with two attached hydrogens (primary N) is 1. The van der Waals surface area contributed by atoms with Crippen molar-refractivity contribution < 1.29 is 0 Å². The Morgan fingerprint density at radius 1 is 1.25 bits per heavy atom. The van der Waals surface area contributed by atoms with Crippen molar-refractivity contribution in [2.45, 2.75) is 45.7 Å². The van der Waals surface area contributed by atoms with Gasteiger partial charge >= 0.3 is 0 Å². The van der Waals surface area contributed by atoms with E-state index in [4.69, 9.17) is 17.3 Å². The van der Waals surface area contributed by atoms with E-state index in [-0.39, 0.29) is 6.04 Å². The van der Waals surface area contributed by atoms with Crippen LogP contribution in [0.25, 0.3) is 0 Å². The third-order valence-electron chi connectivity index (χ3n) is 3.61. The number of hydrogen-bond acceptors (Lipinski definition) is 2. The lowest BCUT2D eigenvalue weighted by Crippen LogP contribution is -2.13. The molecule has 20 heavy (non-hydrogen) atoms. The van der Waals surface area contributed by atoms with Gasteiger partial charge in [0, 0.05) is 12.6 Å². The van der Waals surface area contributed by atoms with Crippen molar-refractivity contribution in [3.63, 3.8) is 0 Å². The SMILES string of the molecule is CCc1nn(CC)c(CCC(N)c2ccccc2)c1Cl. The molecule has 1 atom stereocenters. The van der Waals surface area contributed by atoms with Crippen molar-refractivity contribution in [2.75, 3.05) is 0 Å². The summed E-state index contributed by atoms with van der Waals surface area (Å²) >= 11 is 6.41. The third kappa shape index (κ3) is 3.22. The minimum atomic E-state index is 0.0394. The first-order valence-corrected chi connectivity index (χ1v) is 7.59. The summed E-state index contributed by atoms with van der Waals surface area (Å²) in [6, 6.07) is 10.2. The van der Waals surface area contributed by atoms with Crippen LogP contribution in [0.5, 0.6) is 0 Å². The van der Waals surface area contributed by atoms with Crippen molar-refractivity contribution >= 4 is 11.6 Å². The quantitative estimate of drug-likeness (QED) is 0.881. The van der Waals surface area contributed by atoms with Crippen LogP contribution in [0.1, 0.15) is 43.3 Å². The highest BCUT2D eigenvalue weighted by atomic mass is 35.5. The third-order valence-corrected chi connectivity index (χ3v) is 4.05. The molecule has 0 bridgehead atoms. The highest BCUT2D eigenvalue weighted by Crippen LogP contribution is 2.25. The highest BCUT2D eigenvalue weighted by Gasteiger charge is 2.15. The predicted octanol–water partition coefficient (Wildman–Crippen LogP) is 3.75. The van der Waals surface area contributed by atoms with Gasteiger partial charge in [-0.1, -0.05) is 48.9 Å². The maximum absolute atomic E-state index is 6.41. The molecule has 0 radical (unpaired) electrons. The summed E-state index contributed by atoms with van der Waals surface area (Å²) in [6.45, 7) is 5.01. The van der Waals surface area contributed by atoms with Gasteiger partial charge in [-0.05, 0) is 31.7 Å². The molecule has 0 spiro atoms. The Kier molecular flexibility index (Phi) is 5.21. The summed E-state index contributed by atoms with van der Waals surface area (Å²) in [5, 5.41) is 5.36. The monoisotopic (exact) mass is 291 g/mol. The Balaban J connectivity index is 2.09. The number of halogens is 1. The number of hydrogen-bond donors (Lipinski definition) is 1. The van der Waals surface area contributed by atoms with Crippen LogP contribution >= 0.6 is 11.6 Å². The zero-order valence-electron chi connectivity index (χ0n) is 12.1. The van der Waals surface area contributed by atoms with Gasteiger partial charge in [0.05, 0.1) is 16.4 Å². The molecule has 0 fully saturated rings. The Hall–Kier alpha value is -1.32. The summed E-state index contributed by atoms with van der Waals surface area (Å²) in [5.41, 5.74) is 9.51. The molecule has 1 heterocycles. The van der Waals surface area contributed by atoms with E-state index in [2.05, 4.69) is 31.1 Å². The Labute approximate surface area is 125 Å². The van der Waals surface area contributed by atoms with Crippen LogP contribution < -0.4 is 5.73 Å². The molecule has 1 aromatic carbocycles. The van der Waals surface area contributed by atoms with Crippen molar-refractivity contribution in [3.8, 4) is 0 Å². The molecule has 2 rings (SSSR count). The first-order valence-electron chi connectivity index (χ1n) is 7.21. The molecular formula is C16H22ClN3. The van der Waals surface area contributed by atoms with E-state index in [1.54, 1.807) is 0 Å². The van der Waals surface area contributed by atoms with Crippen molar-refractivity contribution in [1.29, 1.82) is 0 Å². The van der Waals surface area contributed by atoms with E-state index < -0.39 is 0 Å². The van der Waals surface area contributed by atoms with Gasteiger partial charge in [-0.25, -0.2) is 0 Å². The molecule has 108 valence electrons. The van der Waals surface area contributed by atoms with Crippen LogP contribution in [0.4, 0.5) is 0 Å². The molecule has 0 aliphatic heterocycles. The van der Waals surface area contributed by atoms with Crippen LogP contribution in [0.15, 0.2) is 30.3 Å². The summed E-state index contributed by atoms with van der Waals surface area (Å²) in [5.74, 6) is 0. The van der Waals surface area contributed by atoms with E-state index in [0.717, 1.165) is 42.2 Å². The summed E-state index contributed by atoms with van der Waals surface area (Å²) in [4.78, 5) is 0. The lowest BCUT2D eigenvalue weighted by atomic mass is 10.0. The lowest BCUT2D eigenvalue weighted by Gasteiger charge is -2.12. The maximum atomic E-state index is 6.41. The van der Waals surface area contributed by atoms with Gasteiger partial charge in [0.15, 0.2) is 0 Å². The first kappa shape index (κ1) is 15.1. The fourth-order valence-corrected chi connectivity index (χ4v) is 2.78. The van der Waals surface area contributed by atoms with Crippen LogP contribution in [0, 0.1) is 0 Å². The zero-order chi connectivity index (χ0) is 14.5. The van der Waals surface area contributed by atoms with Gasteiger partial charge in [-0.2, -0.15) is 5.10 Å². The van der Waals surface area contributed by atoms with Gasteiger partial charge in [-0.15, -0.1) is 0 Å². The minimum Gasteiger partial charge on any atom is -0.324 e. The van der Waals surface area contributed by atoms with Gasteiger partial charge < -0.3 is 5.73 Å². The number of aryl methyl sites for hydroxylation is 2. The fraction of sp³-hybridized carbons (Fsp3) is 0.438. The molecule has 2 N–H and O–H groups in total. The molecule has 2 aromatic rings. The Morgan fingerprint density at radius 3 is 2.55 bits per heavy atom. The maximum Gasteiger partial charge on any atom is 0.0849 e. The summed E-state index contributed by atoms with van der Waals surface area (Å²) in [6.07, 6.45) is 2.60. The molecule has 0 saturated carbocycles. The van der Waals surface area contributed by atoms with E-state index in [1.807, 2.05) is 22.9 Å². The lowest BCUT2D eigenvalue weighted by molar-refractivity contribution is 0.577. The number of rotatable bonds is 6. The summed E-state index contributed by atoms with van der Waals surface area (Å²) in [7, 11) is 0. The number of benzene rings is 1. The van der Waals surface area contributed by atoms with Crippen molar-refractivity contribution in [2.24, 2.45) is 5.73 Å². The number of nitrogens with zero attached hydrogens (tertiary/aromatic N) is 2. The Morgan fingerprint density at radius 2 is 1.95 bits per heavy atom. The van der Waals surface area contributed by atoms with Crippen LogP contribution in [0.3, 0.4) is 0 Å². The molecule has 1 unspecified atom stereocenters. The molecule has 4 heteroatoms. The van der Waals surface area contributed by atoms with E-state index in [1.165, 1.54) is 5.56 Å². The van der Waals surface area contributed by atoms with Crippen molar-refractivity contribution in [3.05, 3.63) is 52.3 Å². The largest absolute Gasteiger partial charge is 0.324 e. The van der Waals surface area contributed by atoms with Crippen LogP contribution in [0.2, 0.25) is 5.02 Å². The normalized spacial score (nSPS) is 12.6. The second kappa shape index (κ2) is 6.91. The van der Waals surface area contributed by atoms with Gasteiger partial charge in [0.25, 0.3) is 0 Å². The molecule has 0 amide bonds. The summed E-state index contributed by atoms with van der Waals surface area (Å²) < 4.78 is 2.00. The standard InChI is InChI=1S/C16H22ClN3/c1-3-14-16(17)15(20(4-2)19-14)11-10-13(18)12-8-6-5-7-9-12/h5-9,13H,3-4,10-11,18H2,1-2H3. The molecule has 0 saturated heterocycles. The van der Waals surface area contributed by atoms with E-state index >= 15 is 0 Å². The van der Waals surface area contributed by atoms with Crippen molar-refractivity contribution in [1.82, 2.24) is 9.78 Å². The zero-order valence-corrected chi connectivity index (χ0v) is 12.9. The minimum absolute atomic E-state index is 0.0394. The number of aromatic nitrogens is 2. The first-order chi connectivity index (χ1) is 9.67. The molecule has 0 aliphatic rings. The predicted molar refractivity (Wildman–Crippen MR) is 84.0 cm³/mol. The molecular weight excluding hydrogens is 270 g/mol. The molecule has 1 aromatic heterocycles. The fourth-order valence-electron chi connectivity index (χ4n) is 2.42.